The Kier molecular flexibility index (Phi) is 7.14. The number of hydrogen-bond acceptors (Lipinski definition) is 2. The first-order chi connectivity index (χ1) is 11.5. The third kappa shape index (κ3) is 4.30. The first-order valence-corrected chi connectivity index (χ1v) is 9.25. The molecule has 1 aliphatic carbocycles. The van der Waals surface area contributed by atoms with Gasteiger partial charge < -0.3 is 15.4 Å². The van der Waals surface area contributed by atoms with E-state index in [9.17, 15) is 0 Å². The third-order valence-corrected chi connectivity index (χ3v) is 5.63. The van der Waals surface area contributed by atoms with Crippen molar-refractivity contribution >= 4 is 29.9 Å². The maximum absolute atomic E-state index is 5.89. The molecule has 2 fully saturated rings. The van der Waals surface area contributed by atoms with Gasteiger partial charge in [-0.15, -0.1) is 24.0 Å². The van der Waals surface area contributed by atoms with Crippen molar-refractivity contribution in [1.82, 2.24) is 10.6 Å². The Morgan fingerprint density at radius 3 is 2.72 bits per heavy atom. The molecule has 4 atom stereocenters. The standard InChI is InChI=1S/C20H31N3O.HI/c1-5-21-19(22-13-14(2)15-9-7-6-8-10-15)23-17-16-11-12-24-18(16)20(17,3)4;/h6-10,14,16-18H,5,11-13H2,1-4H3,(H2,21,22,23);1H. The first kappa shape index (κ1) is 20.5. The Balaban J connectivity index is 0.00000225. The van der Waals surface area contributed by atoms with Crippen LogP contribution in [-0.2, 0) is 4.74 Å². The number of ether oxygens (including phenoxy) is 1. The highest BCUT2D eigenvalue weighted by atomic mass is 127. The van der Waals surface area contributed by atoms with E-state index in [-0.39, 0.29) is 29.4 Å². The van der Waals surface area contributed by atoms with Crippen LogP contribution in [0, 0.1) is 11.3 Å². The average molecular weight is 457 g/mol. The van der Waals surface area contributed by atoms with Crippen molar-refractivity contribution in [2.75, 3.05) is 19.7 Å². The van der Waals surface area contributed by atoms with Gasteiger partial charge in [-0.05, 0) is 18.9 Å². The van der Waals surface area contributed by atoms with E-state index in [1.54, 1.807) is 0 Å². The van der Waals surface area contributed by atoms with Crippen LogP contribution in [0.2, 0.25) is 0 Å². The van der Waals surface area contributed by atoms with Crippen molar-refractivity contribution in [3.05, 3.63) is 35.9 Å². The van der Waals surface area contributed by atoms with Gasteiger partial charge >= 0.3 is 0 Å². The molecule has 5 heteroatoms. The van der Waals surface area contributed by atoms with Crippen LogP contribution in [0.15, 0.2) is 35.3 Å². The number of nitrogens with zero attached hydrogens (tertiary/aromatic N) is 1. The lowest BCUT2D eigenvalue weighted by Crippen LogP contribution is -2.68. The predicted molar refractivity (Wildman–Crippen MR) is 115 cm³/mol. The summed E-state index contributed by atoms with van der Waals surface area (Å²) in [7, 11) is 0. The van der Waals surface area contributed by atoms with E-state index in [4.69, 9.17) is 9.73 Å². The fourth-order valence-corrected chi connectivity index (χ4v) is 4.20. The summed E-state index contributed by atoms with van der Waals surface area (Å²) in [6.07, 6.45) is 1.56. The van der Waals surface area contributed by atoms with Gasteiger partial charge in [0.25, 0.3) is 0 Å². The van der Waals surface area contributed by atoms with Crippen molar-refractivity contribution in [1.29, 1.82) is 0 Å². The fourth-order valence-electron chi connectivity index (χ4n) is 4.20. The second-order valence-corrected chi connectivity index (χ2v) is 7.72. The van der Waals surface area contributed by atoms with Crippen molar-refractivity contribution < 1.29 is 4.74 Å². The molecule has 0 spiro atoms. The largest absolute Gasteiger partial charge is 0.377 e. The summed E-state index contributed by atoms with van der Waals surface area (Å²) >= 11 is 0. The molecule has 0 radical (unpaired) electrons. The van der Waals surface area contributed by atoms with E-state index in [0.717, 1.165) is 32.1 Å². The number of fused-ring (bicyclic) bond motifs is 1. The van der Waals surface area contributed by atoms with Crippen molar-refractivity contribution in [2.24, 2.45) is 16.3 Å². The van der Waals surface area contributed by atoms with Crippen LogP contribution in [0.4, 0.5) is 0 Å². The molecule has 4 unspecified atom stereocenters. The minimum absolute atomic E-state index is 0. The molecule has 3 rings (SSSR count). The van der Waals surface area contributed by atoms with E-state index < -0.39 is 0 Å². The zero-order valence-corrected chi connectivity index (χ0v) is 18.1. The lowest BCUT2D eigenvalue weighted by molar-refractivity contribution is -0.106. The maximum atomic E-state index is 5.89. The molecule has 0 amide bonds. The highest BCUT2D eigenvalue weighted by Crippen LogP contribution is 2.52. The number of rotatable bonds is 5. The topological polar surface area (TPSA) is 45.7 Å². The molecule has 2 N–H and O–H groups in total. The van der Waals surface area contributed by atoms with Gasteiger partial charge in [0, 0.05) is 43.0 Å². The van der Waals surface area contributed by atoms with Gasteiger partial charge in [0.05, 0.1) is 6.10 Å². The fraction of sp³-hybridized carbons (Fsp3) is 0.650. The van der Waals surface area contributed by atoms with E-state index in [0.29, 0.717) is 24.0 Å². The SMILES string of the molecule is CCNC(=NCC(C)c1ccccc1)NC1C2CCOC2C1(C)C.I. The van der Waals surface area contributed by atoms with Crippen LogP contribution >= 0.6 is 24.0 Å². The normalized spacial score (nSPS) is 28.3. The highest BCUT2D eigenvalue weighted by Gasteiger charge is 2.59. The molecule has 4 nitrogen and oxygen atoms in total. The number of benzene rings is 1. The number of aliphatic imine (C=N–C) groups is 1. The van der Waals surface area contributed by atoms with Crippen molar-refractivity contribution in [3.63, 3.8) is 0 Å². The Hall–Kier alpha value is -0.820. The molecule has 1 saturated heterocycles. The van der Waals surface area contributed by atoms with Gasteiger partial charge in [0.15, 0.2) is 5.96 Å². The van der Waals surface area contributed by atoms with Crippen LogP contribution in [0.3, 0.4) is 0 Å². The Labute approximate surface area is 169 Å². The van der Waals surface area contributed by atoms with Gasteiger partial charge in [0.1, 0.15) is 0 Å². The summed E-state index contributed by atoms with van der Waals surface area (Å²) in [4.78, 5) is 4.84. The molecule has 25 heavy (non-hydrogen) atoms. The van der Waals surface area contributed by atoms with Gasteiger partial charge in [-0.3, -0.25) is 4.99 Å². The molecule has 1 aromatic rings. The third-order valence-electron chi connectivity index (χ3n) is 5.63. The van der Waals surface area contributed by atoms with Crippen molar-refractivity contribution in [3.8, 4) is 0 Å². The second kappa shape index (κ2) is 8.71. The second-order valence-electron chi connectivity index (χ2n) is 7.72. The lowest BCUT2D eigenvalue weighted by Gasteiger charge is -2.54. The summed E-state index contributed by atoms with van der Waals surface area (Å²) in [5.41, 5.74) is 1.51. The zero-order chi connectivity index (χ0) is 17.2. The summed E-state index contributed by atoms with van der Waals surface area (Å²) in [6, 6.07) is 11.0. The smallest absolute Gasteiger partial charge is 0.191 e. The van der Waals surface area contributed by atoms with Crippen molar-refractivity contribution in [2.45, 2.75) is 52.2 Å². The monoisotopic (exact) mass is 457 g/mol. The molecule has 0 aromatic heterocycles. The Morgan fingerprint density at radius 2 is 2.04 bits per heavy atom. The molecule has 1 aromatic carbocycles. The predicted octanol–water partition coefficient (Wildman–Crippen LogP) is 3.78. The molecule has 1 aliphatic heterocycles. The first-order valence-electron chi connectivity index (χ1n) is 9.25. The minimum Gasteiger partial charge on any atom is -0.377 e. The van der Waals surface area contributed by atoms with Gasteiger partial charge in [-0.1, -0.05) is 51.1 Å². The van der Waals surface area contributed by atoms with E-state index in [1.165, 1.54) is 5.56 Å². The minimum atomic E-state index is 0. The molecule has 0 bridgehead atoms. The van der Waals surface area contributed by atoms with Gasteiger partial charge in [-0.2, -0.15) is 0 Å². The number of hydrogen-bond donors (Lipinski definition) is 2. The number of halogens is 1. The van der Waals surface area contributed by atoms with Gasteiger partial charge in [-0.25, -0.2) is 0 Å². The quantitative estimate of drug-likeness (QED) is 0.402. The van der Waals surface area contributed by atoms with E-state index >= 15 is 0 Å². The number of nitrogens with one attached hydrogen (secondary N) is 2. The highest BCUT2D eigenvalue weighted by molar-refractivity contribution is 14.0. The van der Waals surface area contributed by atoms with E-state index in [2.05, 4.69) is 68.7 Å². The maximum Gasteiger partial charge on any atom is 0.191 e. The van der Waals surface area contributed by atoms with Crippen LogP contribution < -0.4 is 10.6 Å². The summed E-state index contributed by atoms with van der Waals surface area (Å²) < 4.78 is 5.89. The average Bonchev–Trinajstić information content (AvgIpc) is 3.05. The van der Waals surface area contributed by atoms with Crippen LogP contribution in [0.25, 0.3) is 0 Å². The zero-order valence-electron chi connectivity index (χ0n) is 15.8. The molecule has 140 valence electrons. The molecule has 2 aliphatic rings. The lowest BCUT2D eigenvalue weighted by atomic mass is 9.57. The van der Waals surface area contributed by atoms with Crippen LogP contribution in [0.5, 0.6) is 0 Å². The van der Waals surface area contributed by atoms with E-state index in [1.807, 2.05) is 0 Å². The Bertz CT molecular complexity index is 576. The van der Waals surface area contributed by atoms with Crippen LogP contribution in [-0.4, -0.2) is 37.8 Å². The Morgan fingerprint density at radius 1 is 1.32 bits per heavy atom. The van der Waals surface area contributed by atoms with Gasteiger partial charge in [0.2, 0.25) is 0 Å². The number of guanidine groups is 1. The molecule has 1 saturated carbocycles. The molecular weight excluding hydrogens is 425 g/mol. The molecular formula is C20H32IN3O. The summed E-state index contributed by atoms with van der Waals surface area (Å²) in [6.45, 7) is 11.5. The summed E-state index contributed by atoms with van der Waals surface area (Å²) in [5.74, 6) is 1.97. The summed E-state index contributed by atoms with van der Waals surface area (Å²) in [5, 5.41) is 7.09. The molecule has 1 heterocycles. The van der Waals surface area contributed by atoms with Crippen LogP contribution in [0.1, 0.15) is 45.6 Å².